The molecule has 1 heterocycles. The van der Waals surface area contributed by atoms with Gasteiger partial charge in [0.15, 0.2) is 0 Å². The van der Waals surface area contributed by atoms with Crippen LogP contribution in [0.4, 0.5) is 5.69 Å². The minimum Gasteiger partial charge on any atom is -0.393 e. The van der Waals surface area contributed by atoms with Gasteiger partial charge in [-0.1, -0.05) is 29.3 Å². The zero-order valence-corrected chi connectivity index (χ0v) is 14.4. The number of benzene rings is 1. The van der Waals surface area contributed by atoms with Crippen LogP contribution in [0.15, 0.2) is 18.2 Å². The van der Waals surface area contributed by atoms with E-state index in [2.05, 4.69) is 10.2 Å². The van der Waals surface area contributed by atoms with Gasteiger partial charge in [-0.25, -0.2) is 0 Å². The highest BCUT2D eigenvalue weighted by Gasteiger charge is 2.29. The average molecular weight is 345 g/mol. The molecule has 2 rings (SSSR count). The van der Waals surface area contributed by atoms with E-state index in [0.717, 1.165) is 25.9 Å². The van der Waals surface area contributed by atoms with Crippen LogP contribution in [0.25, 0.3) is 0 Å². The topological polar surface area (TPSA) is 52.6 Å². The van der Waals surface area contributed by atoms with Crippen LogP contribution in [0.2, 0.25) is 10.0 Å². The fourth-order valence-electron chi connectivity index (χ4n) is 2.79. The van der Waals surface area contributed by atoms with Crippen molar-refractivity contribution in [2.45, 2.75) is 38.8 Å². The minimum atomic E-state index is -0.347. The summed E-state index contributed by atoms with van der Waals surface area (Å²) in [4.78, 5) is 14.5. The van der Waals surface area contributed by atoms with Crippen LogP contribution >= 0.6 is 23.2 Å². The van der Waals surface area contributed by atoms with Crippen molar-refractivity contribution in [3.8, 4) is 0 Å². The molecule has 1 aliphatic heterocycles. The van der Waals surface area contributed by atoms with Crippen molar-refractivity contribution >= 4 is 34.8 Å². The quantitative estimate of drug-likeness (QED) is 0.879. The highest BCUT2D eigenvalue weighted by atomic mass is 35.5. The van der Waals surface area contributed by atoms with Gasteiger partial charge in [-0.2, -0.15) is 0 Å². The van der Waals surface area contributed by atoms with Crippen molar-refractivity contribution in [2.75, 3.05) is 18.4 Å². The first-order chi connectivity index (χ1) is 10.4. The molecular formula is C16H22Cl2N2O2. The molecule has 1 amide bonds. The van der Waals surface area contributed by atoms with Crippen molar-refractivity contribution in [3.63, 3.8) is 0 Å². The van der Waals surface area contributed by atoms with Crippen molar-refractivity contribution in [1.82, 2.24) is 4.90 Å². The van der Waals surface area contributed by atoms with Gasteiger partial charge in [-0.15, -0.1) is 0 Å². The highest BCUT2D eigenvalue weighted by Crippen LogP contribution is 2.30. The lowest BCUT2D eigenvalue weighted by atomic mass is 9.92. The monoisotopic (exact) mass is 344 g/mol. The van der Waals surface area contributed by atoms with Gasteiger partial charge in [0.1, 0.15) is 0 Å². The predicted molar refractivity (Wildman–Crippen MR) is 90.5 cm³/mol. The van der Waals surface area contributed by atoms with Gasteiger partial charge in [0.2, 0.25) is 5.91 Å². The Balaban J connectivity index is 2.01. The SMILES string of the molecule is CC(O)C1CCCN(C(C)C(=O)Nc2cccc(Cl)c2Cl)C1. The van der Waals surface area contributed by atoms with Gasteiger partial charge in [0.25, 0.3) is 0 Å². The smallest absolute Gasteiger partial charge is 0.241 e. The summed E-state index contributed by atoms with van der Waals surface area (Å²) < 4.78 is 0. The molecule has 0 aliphatic carbocycles. The van der Waals surface area contributed by atoms with E-state index in [9.17, 15) is 9.90 Å². The molecule has 0 spiro atoms. The van der Waals surface area contributed by atoms with Gasteiger partial charge < -0.3 is 10.4 Å². The molecule has 6 heteroatoms. The summed E-state index contributed by atoms with van der Waals surface area (Å²) in [7, 11) is 0. The molecule has 0 radical (unpaired) electrons. The Morgan fingerprint density at radius 2 is 2.14 bits per heavy atom. The summed E-state index contributed by atoms with van der Waals surface area (Å²) in [5, 5.41) is 13.4. The fourth-order valence-corrected chi connectivity index (χ4v) is 3.14. The number of hydrogen-bond donors (Lipinski definition) is 2. The lowest BCUT2D eigenvalue weighted by Gasteiger charge is -2.37. The summed E-state index contributed by atoms with van der Waals surface area (Å²) in [5.41, 5.74) is 0.523. The lowest BCUT2D eigenvalue weighted by Crippen LogP contribution is -2.48. The van der Waals surface area contributed by atoms with Gasteiger partial charge >= 0.3 is 0 Å². The van der Waals surface area contributed by atoms with Crippen molar-refractivity contribution in [1.29, 1.82) is 0 Å². The van der Waals surface area contributed by atoms with E-state index in [1.54, 1.807) is 18.2 Å². The predicted octanol–water partition coefficient (Wildman–Crippen LogP) is 3.41. The summed E-state index contributed by atoms with van der Waals surface area (Å²) in [5.74, 6) is 0.106. The number of amides is 1. The van der Waals surface area contributed by atoms with Crippen LogP contribution in [-0.4, -0.2) is 41.1 Å². The zero-order chi connectivity index (χ0) is 16.3. The zero-order valence-electron chi connectivity index (χ0n) is 12.9. The van der Waals surface area contributed by atoms with Crippen LogP contribution < -0.4 is 5.32 Å². The summed E-state index contributed by atoms with van der Waals surface area (Å²) >= 11 is 12.1. The average Bonchev–Trinajstić information content (AvgIpc) is 2.51. The number of hydrogen-bond acceptors (Lipinski definition) is 3. The Hall–Kier alpha value is -0.810. The molecule has 4 nitrogen and oxygen atoms in total. The van der Waals surface area contributed by atoms with Gasteiger partial charge in [0, 0.05) is 6.54 Å². The number of nitrogens with zero attached hydrogens (tertiary/aromatic N) is 1. The first kappa shape index (κ1) is 17.5. The first-order valence-electron chi connectivity index (χ1n) is 7.57. The number of aliphatic hydroxyl groups is 1. The summed E-state index contributed by atoms with van der Waals surface area (Å²) in [6.07, 6.45) is 1.65. The third-order valence-corrected chi connectivity index (χ3v) is 5.13. The van der Waals surface area contributed by atoms with Gasteiger partial charge in [0.05, 0.1) is 27.9 Å². The van der Waals surface area contributed by atoms with Crippen molar-refractivity contribution in [3.05, 3.63) is 28.2 Å². The molecular weight excluding hydrogens is 323 g/mol. The molecule has 0 saturated carbocycles. The van der Waals surface area contributed by atoms with Crippen molar-refractivity contribution < 1.29 is 9.90 Å². The number of piperidine rings is 1. The Morgan fingerprint density at radius 1 is 1.41 bits per heavy atom. The van der Waals surface area contributed by atoms with E-state index in [4.69, 9.17) is 23.2 Å². The molecule has 122 valence electrons. The molecule has 1 saturated heterocycles. The molecule has 3 atom stereocenters. The highest BCUT2D eigenvalue weighted by molar-refractivity contribution is 6.44. The molecule has 1 aromatic carbocycles. The second kappa shape index (κ2) is 7.64. The molecule has 0 bridgehead atoms. The molecule has 1 aromatic rings. The van der Waals surface area contributed by atoms with E-state index >= 15 is 0 Å². The number of aliphatic hydroxyl groups excluding tert-OH is 1. The van der Waals surface area contributed by atoms with Gasteiger partial charge in [-0.05, 0) is 51.3 Å². The van der Waals surface area contributed by atoms with Crippen LogP contribution in [0.5, 0.6) is 0 Å². The van der Waals surface area contributed by atoms with Gasteiger partial charge in [-0.3, -0.25) is 9.69 Å². The Labute approximate surface area is 141 Å². The van der Waals surface area contributed by atoms with Crippen LogP contribution in [0.3, 0.4) is 0 Å². The second-order valence-electron chi connectivity index (χ2n) is 5.90. The maximum absolute atomic E-state index is 12.4. The minimum absolute atomic E-state index is 0.115. The number of carbonyl (C=O) groups is 1. The van der Waals surface area contributed by atoms with Crippen LogP contribution in [-0.2, 0) is 4.79 Å². The van der Waals surface area contributed by atoms with E-state index in [0.29, 0.717) is 15.7 Å². The third-order valence-electron chi connectivity index (χ3n) is 4.31. The largest absolute Gasteiger partial charge is 0.393 e. The number of nitrogens with one attached hydrogen (secondary N) is 1. The standard InChI is InChI=1S/C16H22Cl2N2O2/c1-10(20-8-4-5-12(9-20)11(2)21)16(22)19-14-7-3-6-13(17)15(14)18/h3,6-7,10-12,21H,4-5,8-9H2,1-2H3,(H,19,22). The van der Waals surface area contributed by atoms with Crippen LogP contribution in [0, 0.1) is 5.92 Å². The van der Waals surface area contributed by atoms with E-state index in [-0.39, 0.29) is 24.0 Å². The molecule has 0 aromatic heterocycles. The molecule has 1 aliphatic rings. The molecule has 3 unspecified atom stereocenters. The fraction of sp³-hybridized carbons (Fsp3) is 0.562. The maximum Gasteiger partial charge on any atom is 0.241 e. The Bertz CT molecular complexity index is 537. The second-order valence-corrected chi connectivity index (χ2v) is 6.69. The third kappa shape index (κ3) is 4.13. The first-order valence-corrected chi connectivity index (χ1v) is 8.32. The summed E-state index contributed by atoms with van der Waals surface area (Å²) in [6.45, 7) is 5.28. The number of rotatable bonds is 4. The van der Waals surface area contributed by atoms with Crippen molar-refractivity contribution in [2.24, 2.45) is 5.92 Å². The number of halogens is 2. The Morgan fingerprint density at radius 3 is 2.82 bits per heavy atom. The lowest BCUT2D eigenvalue weighted by molar-refractivity contribution is -0.121. The van der Waals surface area contributed by atoms with E-state index < -0.39 is 0 Å². The Kier molecular flexibility index (Phi) is 6.09. The molecule has 2 N–H and O–H groups in total. The van der Waals surface area contributed by atoms with E-state index in [1.807, 2.05) is 13.8 Å². The van der Waals surface area contributed by atoms with E-state index in [1.165, 1.54) is 0 Å². The molecule has 1 fully saturated rings. The van der Waals surface area contributed by atoms with Crippen LogP contribution in [0.1, 0.15) is 26.7 Å². The number of likely N-dealkylation sites (tertiary alicyclic amines) is 1. The number of carbonyl (C=O) groups excluding carboxylic acids is 1. The molecule has 22 heavy (non-hydrogen) atoms. The number of anilines is 1. The normalized spacial score (nSPS) is 22.1. The summed E-state index contributed by atoms with van der Waals surface area (Å²) in [6, 6.07) is 4.88. The maximum atomic E-state index is 12.4.